The fraction of sp³-hybridized carbons (Fsp3) is 0.900. The van der Waals surface area contributed by atoms with E-state index in [9.17, 15) is 0 Å². The molecule has 1 fully saturated rings. The van der Waals surface area contributed by atoms with Crippen molar-refractivity contribution in [3.63, 3.8) is 0 Å². The highest BCUT2D eigenvalue weighted by atomic mass is 16.5. The minimum atomic E-state index is -0.365. The molecule has 0 radical (unpaired) electrons. The van der Waals surface area contributed by atoms with Crippen molar-refractivity contribution in [3.05, 3.63) is 0 Å². The molecule has 0 amide bonds. The molecule has 80 valence electrons. The third-order valence-electron chi connectivity index (χ3n) is 2.49. The normalized spacial score (nSPS) is 25.6. The monoisotopic (exact) mass is 197 g/mol. The van der Waals surface area contributed by atoms with Gasteiger partial charge in [-0.25, -0.2) is 0 Å². The van der Waals surface area contributed by atoms with Gasteiger partial charge in [0, 0.05) is 19.7 Å². The van der Waals surface area contributed by atoms with Gasteiger partial charge in [-0.15, -0.1) is 0 Å². The predicted molar refractivity (Wildman–Crippen MR) is 54.7 cm³/mol. The molecule has 0 bridgehead atoms. The molecule has 1 aliphatic rings. The topological polar surface area (TPSA) is 62.3 Å². The molecule has 1 saturated heterocycles. The number of nitrogens with zero attached hydrogens (tertiary/aromatic N) is 2. The van der Waals surface area contributed by atoms with Gasteiger partial charge in [-0.05, 0) is 26.3 Å². The maximum Gasteiger partial charge on any atom is 0.106 e. The van der Waals surface area contributed by atoms with Crippen molar-refractivity contribution in [2.75, 3.05) is 26.2 Å². The Balaban J connectivity index is 2.29. The van der Waals surface area contributed by atoms with E-state index in [1.54, 1.807) is 0 Å². The SMILES string of the molecule is CCOC1CCCN(CC(N)C#N)C1. The Morgan fingerprint density at radius 2 is 2.50 bits per heavy atom. The molecule has 14 heavy (non-hydrogen) atoms. The lowest BCUT2D eigenvalue weighted by Gasteiger charge is -2.32. The molecule has 1 heterocycles. The van der Waals surface area contributed by atoms with Gasteiger partial charge in [-0.3, -0.25) is 4.90 Å². The molecule has 0 aromatic rings. The van der Waals surface area contributed by atoms with Gasteiger partial charge in [0.1, 0.15) is 6.04 Å². The summed E-state index contributed by atoms with van der Waals surface area (Å²) in [6, 6.07) is 1.69. The van der Waals surface area contributed by atoms with Crippen LogP contribution in [0.1, 0.15) is 19.8 Å². The number of nitrogens with two attached hydrogens (primary N) is 1. The Morgan fingerprint density at radius 1 is 1.71 bits per heavy atom. The van der Waals surface area contributed by atoms with E-state index in [1.807, 2.05) is 6.92 Å². The maximum absolute atomic E-state index is 8.60. The third-order valence-corrected chi connectivity index (χ3v) is 2.49. The van der Waals surface area contributed by atoms with Crippen LogP contribution in [-0.4, -0.2) is 43.3 Å². The standard InChI is InChI=1S/C10H19N3O/c1-2-14-10-4-3-5-13(8-10)7-9(12)6-11/h9-10H,2-5,7-8,12H2,1H3. The van der Waals surface area contributed by atoms with E-state index < -0.39 is 0 Å². The van der Waals surface area contributed by atoms with Crippen LogP contribution >= 0.6 is 0 Å². The van der Waals surface area contributed by atoms with E-state index in [0.717, 1.165) is 32.5 Å². The second-order valence-electron chi connectivity index (χ2n) is 3.71. The first-order valence-electron chi connectivity index (χ1n) is 5.25. The van der Waals surface area contributed by atoms with Crippen LogP contribution in [0.3, 0.4) is 0 Å². The van der Waals surface area contributed by atoms with Crippen molar-refractivity contribution < 1.29 is 4.74 Å². The zero-order valence-electron chi connectivity index (χ0n) is 8.78. The van der Waals surface area contributed by atoms with Gasteiger partial charge in [0.2, 0.25) is 0 Å². The lowest BCUT2D eigenvalue weighted by molar-refractivity contribution is 0.00567. The summed E-state index contributed by atoms with van der Waals surface area (Å²) in [6.45, 7) is 5.41. The number of piperidine rings is 1. The van der Waals surface area contributed by atoms with Gasteiger partial charge in [0.15, 0.2) is 0 Å². The number of hydrogen-bond donors (Lipinski definition) is 1. The van der Waals surface area contributed by atoms with Crippen molar-refractivity contribution in [3.8, 4) is 6.07 Å². The Labute approximate surface area is 85.6 Å². The number of rotatable bonds is 4. The Morgan fingerprint density at radius 3 is 3.14 bits per heavy atom. The molecule has 1 aliphatic heterocycles. The lowest BCUT2D eigenvalue weighted by atomic mass is 10.1. The summed E-state index contributed by atoms with van der Waals surface area (Å²) in [4.78, 5) is 2.22. The van der Waals surface area contributed by atoms with E-state index in [-0.39, 0.29) is 6.04 Å². The summed E-state index contributed by atoms with van der Waals surface area (Å²) in [5.41, 5.74) is 5.58. The molecule has 2 N–H and O–H groups in total. The van der Waals surface area contributed by atoms with Gasteiger partial charge in [-0.2, -0.15) is 5.26 Å². The fourth-order valence-corrected chi connectivity index (χ4v) is 1.87. The highest BCUT2D eigenvalue weighted by molar-refractivity contribution is 4.90. The molecule has 0 aromatic heterocycles. The molecule has 0 aliphatic carbocycles. The van der Waals surface area contributed by atoms with Gasteiger partial charge >= 0.3 is 0 Å². The van der Waals surface area contributed by atoms with Crippen molar-refractivity contribution in [2.24, 2.45) is 5.73 Å². The van der Waals surface area contributed by atoms with Crippen LogP contribution in [0.25, 0.3) is 0 Å². The minimum absolute atomic E-state index is 0.333. The van der Waals surface area contributed by atoms with Crippen molar-refractivity contribution in [2.45, 2.75) is 31.9 Å². The molecule has 0 saturated carbocycles. The smallest absolute Gasteiger partial charge is 0.106 e. The highest BCUT2D eigenvalue weighted by Gasteiger charge is 2.20. The number of hydrogen-bond acceptors (Lipinski definition) is 4. The second kappa shape index (κ2) is 5.97. The average Bonchev–Trinajstić information content (AvgIpc) is 2.19. The first-order valence-corrected chi connectivity index (χ1v) is 5.25. The first kappa shape index (κ1) is 11.4. The van der Waals surface area contributed by atoms with Gasteiger partial charge in [0.25, 0.3) is 0 Å². The van der Waals surface area contributed by atoms with Crippen LogP contribution in [-0.2, 0) is 4.74 Å². The predicted octanol–water partition coefficient (Wildman–Crippen LogP) is 0.338. The second-order valence-corrected chi connectivity index (χ2v) is 3.71. The Hall–Kier alpha value is -0.630. The summed E-state index contributed by atoms with van der Waals surface area (Å²) in [7, 11) is 0. The lowest BCUT2D eigenvalue weighted by Crippen LogP contribution is -2.45. The van der Waals surface area contributed by atoms with Crippen LogP contribution in [0.4, 0.5) is 0 Å². The molecule has 1 rings (SSSR count). The summed E-state index contributed by atoms with van der Waals surface area (Å²) in [5.74, 6) is 0. The quantitative estimate of drug-likeness (QED) is 0.706. The Kier molecular flexibility index (Phi) is 4.88. The summed E-state index contributed by atoms with van der Waals surface area (Å²) < 4.78 is 5.56. The van der Waals surface area contributed by atoms with E-state index in [4.69, 9.17) is 15.7 Å². The summed E-state index contributed by atoms with van der Waals surface area (Å²) in [6.07, 6.45) is 2.61. The van der Waals surface area contributed by atoms with E-state index in [2.05, 4.69) is 11.0 Å². The van der Waals surface area contributed by atoms with Crippen molar-refractivity contribution >= 4 is 0 Å². The molecular weight excluding hydrogens is 178 g/mol. The molecule has 0 aromatic carbocycles. The van der Waals surface area contributed by atoms with Crippen LogP contribution in [0.15, 0.2) is 0 Å². The van der Waals surface area contributed by atoms with Crippen LogP contribution in [0, 0.1) is 11.3 Å². The highest BCUT2D eigenvalue weighted by Crippen LogP contribution is 2.12. The minimum Gasteiger partial charge on any atom is -0.377 e. The fourth-order valence-electron chi connectivity index (χ4n) is 1.87. The molecule has 0 spiro atoms. The van der Waals surface area contributed by atoms with Crippen molar-refractivity contribution in [1.29, 1.82) is 5.26 Å². The van der Waals surface area contributed by atoms with Crippen LogP contribution < -0.4 is 5.73 Å². The molecular formula is C10H19N3O. The number of ether oxygens (including phenoxy) is 1. The van der Waals surface area contributed by atoms with E-state index in [0.29, 0.717) is 12.6 Å². The Bertz CT molecular complexity index is 200. The number of nitriles is 1. The molecule has 2 unspecified atom stereocenters. The maximum atomic E-state index is 8.60. The molecule has 2 atom stereocenters. The van der Waals surface area contributed by atoms with E-state index in [1.165, 1.54) is 0 Å². The molecule has 4 heteroatoms. The zero-order valence-corrected chi connectivity index (χ0v) is 8.78. The van der Waals surface area contributed by atoms with Crippen LogP contribution in [0.2, 0.25) is 0 Å². The van der Waals surface area contributed by atoms with Gasteiger partial charge in [0.05, 0.1) is 12.2 Å². The van der Waals surface area contributed by atoms with Crippen LogP contribution in [0.5, 0.6) is 0 Å². The number of likely N-dealkylation sites (tertiary alicyclic amines) is 1. The summed E-state index contributed by atoms with van der Waals surface area (Å²) in [5, 5.41) is 8.60. The van der Waals surface area contributed by atoms with E-state index >= 15 is 0 Å². The zero-order chi connectivity index (χ0) is 10.4. The third kappa shape index (κ3) is 3.62. The van der Waals surface area contributed by atoms with Crippen molar-refractivity contribution in [1.82, 2.24) is 4.90 Å². The first-order chi connectivity index (χ1) is 6.76. The average molecular weight is 197 g/mol. The van der Waals surface area contributed by atoms with Gasteiger partial charge < -0.3 is 10.5 Å². The molecule has 4 nitrogen and oxygen atoms in total. The van der Waals surface area contributed by atoms with Gasteiger partial charge in [-0.1, -0.05) is 0 Å². The summed E-state index contributed by atoms with van der Waals surface area (Å²) >= 11 is 0. The largest absolute Gasteiger partial charge is 0.377 e.